The van der Waals surface area contributed by atoms with Crippen LogP contribution in [0.25, 0.3) is 53.8 Å². The van der Waals surface area contributed by atoms with Crippen molar-refractivity contribution in [1.29, 1.82) is 0 Å². The second-order valence-electron chi connectivity index (χ2n) is 6.25. The number of rotatable bonds is 0. The van der Waals surface area contributed by atoms with Crippen LogP contribution in [0.1, 0.15) is 0 Å². The molecule has 3 aromatic heterocycles. The smallest absolute Gasteiger partial charge is 0.318 e. The summed E-state index contributed by atoms with van der Waals surface area (Å²) in [6.07, 6.45) is 0. The SMILES string of the molecule is [Al][n]1c2ccccc2c2c1c1scnc1c1c3ccccc3[n]([Al])c12. The highest BCUT2D eigenvalue weighted by atomic mass is 32.1. The van der Waals surface area contributed by atoms with E-state index in [0.29, 0.717) is 0 Å². The van der Waals surface area contributed by atoms with E-state index in [-0.39, 0.29) is 0 Å². The third kappa shape index (κ3) is 1.65. The maximum Gasteiger partial charge on any atom is 0.318 e. The molecule has 0 bridgehead atoms. The first-order valence-electron chi connectivity index (χ1n) is 7.99. The summed E-state index contributed by atoms with van der Waals surface area (Å²) in [5.74, 6) is 0. The summed E-state index contributed by atoms with van der Waals surface area (Å²) >= 11 is 7.50. The molecule has 0 fully saturated rings. The number of thiazole rings is 1. The lowest BCUT2D eigenvalue weighted by Crippen LogP contribution is -1.93. The van der Waals surface area contributed by atoms with Crippen molar-refractivity contribution in [2.45, 2.75) is 0 Å². The average Bonchev–Trinajstić information content (AvgIpc) is 3.31. The fraction of sp³-hybridized carbons (Fsp3) is 0. The molecule has 6 heteroatoms. The first-order chi connectivity index (χ1) is 12.3. The summed E-state index contributed by atoms with van der Waals surface area (Å²) in [4.78, 5) is 4.75. The van der Waals surface area contributed by atoms with Crippen molar-refractivity contribution in [3.63, 3.8) is 0 Å². The monoisotopic (exact) mass is 365 g/mol. The lowest BCUT2D eigenvalue weighted by atomic mass is 10.1. The third-order valence-corrected chi connectivity index (χ3v) is 6.98. The Kier molecular flexibility index (Phi) is 2.82. The molecule has 0 atom stereocenters. The maximum atomic E-state index is 4.75. The molecule has 0 unspecified atom stereocenters. The van der Waals surface area contributed by atoms with Gasteiger partial charge in [0.05, 0.1) is 15.7 Å². The minimum Gasteiger partial charge on any atom is -0.451 e. The van der Waals surface area contributed by atoms with Crippen molar-refractivity contribution in [3.8, 4) is 0 Å². The van der Waals surface area contributed by atoms with Gasteiger partial charge in [0.15, 0.2) is 0 Å². The lowest BCUT2D eigenvalue weighted by molar-refractivity contribution is 1.39. The first-order valence-corrected chi connectivity index (χ1v) is 9.90. The van der Waals surface area contributed by atoms with Crippen LogP contribution in [0.3, 0.4) is 0 Å². The van der Waals surface area contributed by atoms with Crippen molar-refractivity contribution in [2.75, 3.05) is 0 Å². The standard InChI is InChI=1S/C19H9N3S.2Al/c1-3-7-12-10(5-1)14-16(21-12)15-11-6-2-4-8-13(11)22-18(15)19-17(14)20-9-23-19;;/h1-9H;;/q-2;2*+1. The van der Waals surface area contributed by atoms with Crippen molar-refractivity contribution >= 4 is 98.2 Å². The van der Waals surface area contributed by atoms with Gasteiger partial charge in [-0.2, -0.15) is 0 Å². The van der Waals surface area contributed by atoms with Gasteiger partial charge in [-0.1, -0.05) is 36.4 Å². The topological polar surface area (TPSA) is 22.8 Å². The van der Waals surface area contributed by atoms with Crippen molar-refractivity contribution < 1.29 is 0 Å². The van der Waals surface area contributed by atoms with Gasteiger partial charge < -0.3 is 7.10 Å². The number of hydrogen-bond acceptors (Lipinski definition) is 2. The first kappa shape index (κ1) is 14.4. The number of fused-ring (bicyclic) bond motifs is 10. The fourth-order valence-corrected chi connectivity index (χ4v) is 5.97. The van der Waals surface area contributed by atoms with Crippen LogP contribution >= 0.6 is 11.3 Å². The fourth-order valence-electron chi connectivity index (χ4n) is 4.07. The Labute approximate surface area is 163 Å². The Morgan fingerprint density at radius 3 is 2.08 bits per heavy atom. The Bertz CT molecular complexity index is 1470. The summed E-state index contributed by atoms with van der Waals surface area (Å²) in [6, 6.07) is 17.2. The molecule has 0 aliphatic heterocycles. The largest absolute Gasteiger partial charge is 0.451 e. The third-order valence-electron chi connectivity index (χ3n) is 5.08. The molecule has 3 aromatic carbocycles. The molecule has 6 rings (SSSR count). The van der Waals surface area contributed by atoms with Crippen LogP contribution in [0.4, 0.5) is 0 Å². The Morgan fingerprint density at radius 2 is 1.36 bits per heavy atom. The summed E-state index contributed by atoms with van der Waals surface area (Å²) in [7, 11) is 0. The van der Waals surface area contributed by atoms with Crippen LogP contribution in [-0.2, 0) is 0 Å². The Balaban J connectivity index is 2.14. The molecule has 0 amide bonds. The predicted octanol–water partition coefficient (Wildman–Crippen LogP) is 4.38. The van der Waals surface area contributed by atoms with Crippen LogP contribution in [0.5, 0.6) is 0 Å². The number of nitrogens with zero attached hydrogens (tertiary/aromatic N) is 3. The van der Waals surface area contributed by atoms with Gasteiger partial charge in [0.25, 0.3) is 0 Å². The molecule has 0 spiro atoms. The van der Waals surface area contributed by atoms with E-state index in [1.54, 1.807) is 11.3 Å². The summed E-state index contributed by atoms with van der Waals surface area (Å²) in [6.45, 7) is 0. The molecular formula is C19H9Al2N3S. The van der Waals surface area contributed by atoms with Crippen LogP contribution < -0.4 is 0 Å². The molecule has 0 aliphatic rings. The minimum absolute atomic E-state index is 1.09. The molecule has 112 valence electrons. The zero-order chi connectivity index (χ0) is 16.7. The second-order valence-corrected chi connectivity index (χ2v) is 8.14. The van der Waals surface area contributed by atoms with Crippen molar-refractivity contribution in [2.24, 2.45) is 0 Å². The van der Waals surface area contributed by atoms with Crippen LogP contribution in [0.15, 0.2) is 54.0 Å². The van der Waals surface area contributed by atoms with Gasteiger partial charge in [-0.05, 0) is 12.1 Å². The normalized spacial score (nSPS) is 12.3. The number of para-hydroxylation sites is 2. The van der Waals surface area contributed by atoms with E-state index >= 15 is 0 Å². The van der Waals surface area contributed by atoms with Gasteiger partial charge >= 0.3 is 33.0 Å². The van der Waals surface area contributed by atoms with E-state index in [4.69, 9.17) is 4.98 Å². The molecular weight excluding hydrogens is 356 g/mol. The average molecular weight is 365 g/mol. The van der Waals surface area contributed by atoms with E-state index < -0.39 is 0 Å². The predicted molar refractivity (Wildman–Crippen MR) is 108 cm³/mol. The molecule has 4 radical (unpaired) electrons. The number of hydrogen-bond donors (Lipinski definition) is 0. The zero-order valence-corrected chi connectivity index (χ0v) is 16.2. The lowest BCUT2D eigenvalue weighted by Gasteiger charge is -2.05. The van der Waals surface area contributed by atoms with E-state index in [0.717, 1.165) is 5.52 Å². The maximum absolute atomic E-state index is 4.75. The van der Waals surface area contributed by atoms with Gasteiger partial charge in [0, 0.05) is 43.6 Å². The van der Waals surface area contributed by atoms with Crippen molar-refractivity contribution in [3.05, 3.63) is 54.0 Å². The zero-order valence-electron chi connectivity index (χ0n) is 13.1. The second kappa shape index (κ2) is 4.89. The molecule has 3 heterocycles. The quantitative estimate of drug-likeness (QED) is 0.367. The van der Waals surface area contributed by atoms with Gasteiger partial charge in [-0.15, -0.1) is 11.3 Å². The number of benzene rings is 3. The van der Waals surface area contributed by atoms with Crippen LogP contribution in [-0.4, -0.2) is 45.1 Å². The highest BCUT2D eigenvalue weighted by Crippen LogP contribution is 2.44. The summed E-state index contributed by atoms with van der Waals surface area (Å²) in [5, 5.41) is 5.07. The molecule has 0 aliphatic carbocycles. The van der Waals surface area contributed by atoms with E-state index in [1.807, 2.05) is 5.51 Å². The van der Waals surface area contributed by atoms with Gasteiger partial charge in [0.2, 0.25) is 0 Å². The van der Waals surface area contributed by atoms with Crippen molar-refractivity contribution in [1.82, 2.24) is 12.1 Å². The molecule has 0 saturated heterocycles. The van der Waals surface area contributed by atoms with Crippen LogP contribution in [0, 0.1) is 0 Å². The Hall–Kier alpha value is -1.79. The Morgan fingerprint density at radius 1 is 0.760 bits per heavy atom. The van der Waals surface area contributed by atoms with E-state index in [1.165, 1.54) is 48.3 Å². The van der Waals surface area contributed by atoms with Gasteiger partial charge in [-0.3, -0.25) is 0 Å². The highest BCUT2D eigenvalue weighted by Gasteiger charge is 2.20. The summed E-state index contributed by atoms with van der Waals surface area (Å²) < 4.78 is 5.71. The molecule has 6 aromatic rings. The summed E-state index contributed by atoms with van der Waals surface area (Å²) in [5.41, 5.74) is 7.96. The molecule has 25 heavy (non-hydrogen) atoms. The molecule has 0 N–H and O–H groups in total. The minimum atomic E-state index is 1.09. The number of aromatic nitrogens is 3. The molecule has 0 saturated carbocycles. The molecule has 3 nitrogen and oxygen atoms in total. The van der Waals surface area contributed by atoms with E-state index in [9.17, 15) is 0 Å². The van der Waals surface area contributed by atoms with Crippen LogP contribution in [0.2, 0.25) is 0 Å². The van der Waals surface area contributed by atoms with Gasteiger partial charge in [-0.25, -0.2) is 4.98 Å². The van der Waals surface area contributed by atoms with E-state index in [2.05, 4.69) is 88.7 Å². The van der Waals surface area contributed by atoms with Gasteiger partial charge in [0.1, 0.15) is 0 Å². The highest BCUT2D eigenvalue weighted by molar-refractivity contribution is 7.18.